The lowest BCUT2D eigenvalue weighted by atomic mass is 9.86. The number of hydrogen-bond donors (Lipinski definition) is 1. The van der Waals surface area contributed by atoms with Crippen LogP contribution in [0, 0.1) is 28.8 Å². The van der Waals surface area contributed by atoms with Gasteiger partial charge in [-0.05, 0) is 66.6 Å². The van der Waals surface area contributed by atoms with Crippen molar-refractivity contribution < 1.29 is 22.8 Å². The molecule has 1 fully saturated rings. The van der Waals surface area contributed by atoms with Gasteiger partial charge < -0.3 is 5.73 Å². The highest BCUT2D eigenvalue weighted by molar-refractivity contribution is 5.94. The first-order valence-corrected chi connectivity index (χ1v) is 12.7. The molecule has 1 aliphatic carbocycles. The van der Waals surface area contributed by atoms with E-state index < -0.39 is 29.3 Å². The monoisotopic (exact) mass is 543 g/mol. The van der Waals surface area contributed by atoms with Crippen molar-refractivity contribution in [3.8, 4) is 17.2 Å². The van der Waals surface area contributed by atoms with E-state index in [9.17, 15) is 28.0 Å². The number of nitrogens with two attached hydrogens (primary N) is 1. The third-order valence-electron chi connectivity index (χ3n) is 6.90. The third kappa shape index (κ3) is 5.94. The van der Waals surface area contributed by atoms with Gasteiger partial charge in [0.25, 0.3) is 5.91 Å². The van der Waals surface area contributed by atoms with E-state index in [-0.39, 0.29) is 36.7 Å². The first kappa shape index (κ1) is 26.8. The molecule has 0 radical (unpaired) electrons. The molecule has 4 aromatic rings. The molecule has 202 valence electrons. The fourth-order valence-corrected chi connectivity index (χ4v) is 4.97. The summed E-state index contributed by atoms with van der Waals surface area (Å²) in [6.07, 6.45) is 5.21. The van der Waals surface area contributed by atoms with Crippen LogP contribution < -0.4 is 5.73 Å². The highest BCUT2D eigenvalue weighted by Crippen LogP contribution is 2.41. The van der Waals surface area contributed by atoms with Gasteiger partial charge in [0.15, 0.2) is 11.5 Å². The quantitative estimate of drug-likeness (QED) is 0.295. The van der Waals surface area contributed by atoms with Gasteiger partial charge in [-0.1, -0.05) is 12.1 Å². The lowest BCUT2D eigenvalue weighted by molar-refractivity contribution is -0.120. The summed E-state index contributed by atoms with van der Waals surface area (Å²) in [4.78, 5) is 29.6. The van der Waals surface area contributed by atoms with Crippen molar-refractivity contribution in [1.29, 1.82) is 5.26 Å². The number of primary amides is 1. The van der Waals surface area contributed by atoms with Crippen molar-refractivity contribution in [2.24, 2.45) is 5.73 Å². The van der Waals surface area contributed by atoms with Crippen LogP contribution in [0.2, 0.25) is 0 Å². The number of hydrogen-bond acceptors (Lipinski definition) is 5. The van der Waals surface area contributed by atoms with E-state index >= 15 is 0 Å². The van der Waals surface area contributed by atoms with E-state index in [1.807, 2.05) is 0 Å². The number of nitrogens with zero attached hydrogens (tertiary/aromatic N) is 4. The Morgan fingerprint density at radius 3 is 2.52 bits per heavy atom. The maximum atomic E-state index is 14.2. The van der Waals surface area contributed by atoms with Crippen LogP contribution in [-0.2, 0) is 17.8 Å². The molecule has 0 spiro atoms. The van der Waals surface area contributed by atoms with E-state index in [4.69, 9.17) is 5.73 Å². The van der Waals surface area contributed by atoms with E-state index in [1.54, 1.807) is 18.3 Å². The number of aromatic nitrogens is 3. The van der Waals surface area contributed by atoms with Crippen molar-refractivity contribution in [3.63, 3.8) is 0 Å². The van der Waals surface area contributed by atoms with Crippen LogP contribution in [-0.4, -0.2) is 26.5 Å². The number of benzene rings is 2. The molecule has 2 heterocycles. The highest BCUT2D eigenvalue weighted by atomic mass is 19.1. The Morgan fingerprint density at radius 2 is 1.85 bits per heavy atom. The van der Waals surface area contributed by atoms with Gasteiger partial charge in [-0.2, -0.15) is 10.4 Å². The van der Waals surface area contributed by atoms with E-state index in [0.29, 0.717) is 28.1 Å². The number of carbonyl (C=O) groups is 2. The van der Waals surface area contributed by atoms with Gasteiger partial charge in [-0.3, -0.25) is 19.3 Å². The first-order chi connectivity index (χ1) is 19.2. The Hall–Kier alpha value is -4.78. The average molecular weight is 544 g/mol. The fraction of sp³-hybridized carbons (Fsp3) is 0.233. The molecule has 2 N–H and O–H groups in total. The van der Waals surface area contributed by atoms with Crippen LogP contribution >= 0.6 is 0 Å². The first-order valence-electron chi connectivity index (χ1n) is 12.7. The molecule has 0 unspecified atom stereocenters. The van der Waals surface area contributed by atoms with Gasteiger partial charge in [0.1, 0.15) is 23.5 Å². The molecule has 1 atom stereocenters. The van der Waals surface area contributed by atoms with Crippen molar-refractivity contribution in [3.05, 3.63) is 106 Å². The van der Waals surface area contributed by atoms with Crippen molar-refractivity contribution in [1.82, 2.24) is 14.8 Å². The molecular formula is C30H24F3N5O2. The predicted octanol–water partition coefficient (Wildman–Crippen LogP) is 5.20. The molecule has 40 heavy (non-hydrogen) atoms. The van der Waals surface area contributed by atoms with Gasteiger partial charge in [-0.25, -0.2) is 13.2 Å². The summed E-state index contributed by atoms with van der Waals surface area (Å²) in [5.41, 5.74) is 7.88. The lowest BCUT2D eigenvalue weighted by Crippen LogP contribution is -2.17. The maximum absolute atomic E-state index is 14.2. The largest absolute Gasteiger partial charge is 0.366 e. The van der Waals surface area contributed by atoms with Crippen LogP contribution in [0.3, 0.4) is 0 Å². The molecule has 2 aromatic carbocycles. The van der Waals surface area contributed by atoms with Crippen LogP contribution in [0.15, 0.2) is 60.9 Å². The molecule has 5 rings (SSSR count). The molecule has 0 bridgehead atoms. The van der Waals surface area contributed by atoms with Gasteiger partial charge in [0, 0.05) is 41.9 Å². The number of nitriles is 1. The molecule has 0 aliphatic heterocycles. The maximum Gasteiger partial charge on any atom is 0.251 e. The van der Waals surface area contributed by atoms with Gasteiger partial charge >= 0.3 is 0 Å². The number of Topliss-reactive ketones (excluding diaryl/α,β-unsaturated/α-hetero) is 1. The number of pyridine rings is 1. The topological polar surface area (TPSA) is 115 Å². The zero-order valence-corrected chi connectivity index (χ0v) is 21.3. The Labute approximate surface area is 228 Å². The summed E-state index contributed by atoms with van der Waals surface area (Å²) in [7, 11) is 0. The molecule has 10 heteroatoms. The predicted molar refractivity (Wildman–Crippen MR) is 139 cm³/mol. The smallest absolute Gasteiger partial charge is 0.251 e. The molecular weight excluding hydrogens is 519 g/mol. The Bertz CT molecular complexity index is 1640. The second-order valence-corrected chi connectivity index (χ2v) is 9.93. The van der Waals surface area contributed by atoms with Crippen LogP contribution in [0.25, 0.3) is 11.1 Å². The Balaban J connectivity index is 1.50. The van der Waals surface area contributed by atoms with Crippen LogP contribution in [0.4, 0.5) is 13.2 Å². The second-order valence-electron chi connectivity index (χ2n) is 9.93. The van der Waals surface area contributed by atoms with E-state index in [2.05, 4.69) is 16.2 Å². The second kappa shape index (κ2) is 11.1. The number of amides is 1. The molecule has 1 saturated carbocycles. The molecule has 1 amide bonds. The summed E-state index contributed by atoms with van der Waals surface area (Å²) < 4.78 is 43.7. The average Bonchev–Trinajstić information content (AvgIpc) is 3.68. The zero-order chi connectivity index (χ0) is 28.4. The summed E-state index contributed by atoms with van der Waals surface area (Å²) in [6.45, 7) is -0.0973. The number of halogens is 3. The number of carbonyl (C=O) groups excluding carboxylic acids is 2. The highest BCUT2D eigenvalue weighted by Gasteiger charge is 2.29. The third-order valence-corrected chi connectivity index (χ3v) is 6.90. The Kier molecular flexibility index (Phi) is 7.47. The summed E-state index contributed by atoms with van der Waals surface area (Å²) in [5.74, 6) is -3.80. The fourth-order valence-electron chi connectivity index (χ4n) is 4.97. The minimum absolute atomic E-state index is 0.0630. The van der Waals surface area contributed by atoms with Gasteiger partial charge in [0.2, 0.25) is 0 Å². The number of rotatable bonds is 10. The van der Waals surface area contributed by atoms with E-state index in [0.717, 1.165) is 30.5 Å². The molecule has 2 aromatic heterocycles. The lowest BCUT2D eigenvalue weighted by Gasteiger charge is -2.20. The van der Waals surface area contributed by atoms with Crippen molar-refractivity contribution >= 4 is 11.7 Å². The summed E-state index contributed by atoms with van der Waals surface area (Å²) >= 11 is 0. The zero-order valence-electron chi connectivity index (χ0n) is 21.3. The molecule has 7 nitrogen and oxygen atoms in total. The minimum atomic E-state index is -0.937. The number of ketones is 1. The van der Waals surface area contributed by atoms with Crippen molar-refractivity contribution in [2.75, 3.05) is 0 Å². The standard InChI is InChI=1S/C30H24F3N5O2/c31-21-9-17(10-22(32)13-21)8-20(11-23(39)15-38-16-26(18-3-4-18)28(14-34)37-38)29-24(2-1-7-36-29)19-5-6-27(33)25(12-19)30(35)40/h1-2,5-7,9-10,12-13,16,18,20H,3-4,8,11,15H2,(H2,35,40)/t20-/m1/s1. The molecule has 1 aliphatic rings. The normalized spacial score (nSPS) is 13.6. The van der Waals surface area contributed by atoms with Crippen LogP contribution in [0.1, 0.15) is 64.0 Å². The van der Waals surface area contributed by atoms with Gasteiger partial charge in [0.05, 0.1) is 17.8 Å². The SMILES string of the molecule is N#Cc1nn(CC(=O)C[C@@H](Cc2cc(F)cc(F)c2)c2ncccc2-c2ccc(F)c(C(N)=O)c2)cc1C1CC1. The summed E-state index contributed by atoms with van der Waals surface area (Å²) in [6, 6.07) is 12.5. The Morgan fingerprint density at radius 1 is 1.10 bits per heavy atom. The van der Waals surface area contributed by atoms with Crippen LogP contribution in [0.5, 0.6) is 0 Å². The molecule has 0 saturated heterocycles. The summed E-state index contributed by atoms with van der Waals surface area (Å²) in [5, 5.41) is 13.7. The minimum Gasteiger partial charge on any atom is -0.366 e. The van der Waals surface area contributed by atoms with Crippen molar-refractivity contribution in [2.45, 2.75) is 44.1 Å². The van der Waals surface area contributed by atoms with Gasteiger partial charge in [-0.15, -0.1) is 0 Å². The van der Waals surface area contributed by atoms with E-state index in [1.165, 1.54) is 35.1 Å².